The molecule has 0 aliphatic carbocycles. The molecule has 0 bridgehead atoms. The van der Waals surface area contributed by atoms with Crippen molar-refractivity contribution in [3.05, 3.63) is 42.5 Å². The predicted molar refractivity (Wildman–Crippen MR) is 67.6 cm³/mol. The van der Waals surface area contributed by atoms with Gasteiger partial charge in [0.05, 0.1) is 7.11 Å². The molecule has 2 unspecified atom stereocenters. The summed E-state index contributed by atoms with van der Waals surface area (Å²) >= 11 is 0. The van der Waals surface area contributed by atoms with Crippen LogP contribution in [0.1, 0.15) is 11.6 Å². The van der Waals surface area contributed by atoms with E-state index in [0.717, 1.165) is 0 Å². The Morgan fingerprint density at radius 2 is 1.95 bits per heavy atom. The molecule has 3 N–H and O–H groups in total. The summed E-state index contributed by atoms with van der Waals surface area (Å²) in [6.45, 7) is 3.45. The van der Waals surface area contributed by atoms with Gasteiger partial charge in [0.1, 0.15) is 17.8 Å². The van der Waals surface area contributed by atoms with Gasteiger partial charge in [0, 0.05) is 0 Å². The molecule has 0 aliphatic heterocycles. The summed E-state index contributed by atoms with van der Waals surface area (Å²) in [6, 6.07) is 3.61. The molecule has 0 amide bonds. The van der Waals surface area contributed by atoms with Gasteiger partial charge < -0.3 is 14.9 Å². The minimum Gasteiger partial charge on any atom is -0.508 e. The highest BCUT2D eigenvalue weighted by molar-refractivity contribution is 5.81. The van der Waals surface area contributed by atoms with E-state index in [4.69, 9.17) is 0 Å². The number of carbonyl (C=O) groups is 2. The van der Waals surface area contributed by atoms with E-state index in [0.29, 0.717) is 5.56 Å². The lowest BCUT2D eigenvalue weighted by atomic mass is 10.1. The molecule has 6 nitrogen and oxygen atoms in total. The lowest BCUT2D eigenvalue weighted by molar-refractivity contribution is -0.143. The van der Waals surface area contributed by atoms with Crippen LogP contribution >= 0.6 is 0 Å². The van der Waals surface area contributed by atoms with Gasteiger partial charge in [-0.15, -0.1) is 6.58 Å². The molecule has 102 valence electrons. The van der Waals surface area contributed by atoms with Crippen LogP contribution in [-0.4, -0.2) is 35.3 Å². The Morgan fingerprint density at radius 3 is 2.37 bits per heavy atom. The molecule has 1 aromatic rings. The molecular formula is C13H15NO5. The molecule has 0 radical (unpaired) electrons. The molecule has 0 aliphatic rings. The first-order valence-electron chi connectivity index (χ1n) is 5.47. The quantitative estimate of drug-likeness (QED) is 0.521. The lowest BCUT2D eigenvalue weighted by Crippen LogP contribution is -2.41. The summed E-state index contributed by atoms with van der Waals surface area (Å²) in [7, 11) is 1.21. The SMILES string of the molecule is C=CC(NC(C(=O)O)c1ccc(O)cc1)C(=O)OC. The van der Waals surface area contributed by atoms with Crippen molar-refractivity contribution in [1.29, 1.82) is 0 Å². The topological polar surface area (TPSA) is 95.9 Å². The molecule has 19 heavy (non-hydrogen) atoms. The first kappa shape index (κ1) is 14.7. The smallest absolute Gasteiger partial charge is 0.326 e. The first-order chi connectivity index (χ1) is 8.99. The van der Waals surface area contributed by atoms with Gasteiger partial charge in [-0.2, -0.15) is 0 Å². The number of esters is 1. The molecule has 0 saturated carbocycles. The van der Waals surface area contributed by atoms with Crippen molar-refractivity contribution in [2.75, 3.05) is 7.11 Å². The van der Waals surface area contributed by atoms with E-state index in [-0.39, 0.29) is 5.75 Å². The summed E-state index contributed by atoms with van der Waals surface area (Å²) in [5.74, 6) is -1.75. The van der Waals surface area contributed by atoms with E-state index in [2.05, 4.69) is 16.6 Å². The third-order valence-corrected chi connectivity index (χ3v) is 2.51. The fraction of sp³-hybridized carbons (Fsp3) is 0.231. The van der Waals surface area contributed by atoms with Crippen LogP contribution in [-0.2, 0) is 14.3 Å². The van der Waals surface area contributed by atoms with Crippen LogP contribution in [0.15, 0.2) is 36.9 Å². The Bertz CT molecular complexity index is 468. The maximum atomic E-state index is 11.4. The van der Waals surface area contributed by atoms with Gasteiger partial charge in [-0.1, -0.05) is 18.2 Å². The van der Waals surface area contributed by atoms with Gasteiger partial charge in [0.25, 0.3) is 0 Å². The van der Waals surface area contributed by atoms with Crippen molar-refractivity contribution in [3.8, 4) is 5.75 Å². The summed E-state index contributed by atoms with van der Waals surface area (Å²) in [5.41, 5.74) is 0.404. The monoisotopic (exact) mass is 265 g/mol. The third kappa shape index (κ3) is 3.82. The number of ether oxygens (including phenoxy) is 1. The van der Waals surface area contributed by atoms with Gasteiger partial charge >= 0.3 is 11.9 Å². The molecule has 1 rings (SSSR count). The van der Waals surface area contributed by atoms with Crippen LogP contribution < -0.4 is 5.32 Å². The number of hydrogen-bond donors (Lipinski definition) is 3. The number of phenolic OH excluding ortho intramolecular Hbond substituents is 1. The summed E-state index contributed by atoms with van der Waals surface area (Å²) in [5, 5.41) is 21.0. The number of hydrogen-bond acceptors (Lipinski definition) is 5. The second-order valence-electron chi connectivity index (χ2n) is 3.77. The largest absolute Gasteiger partial charge is 0.508 e. The first-order valence-corrected chi connectivity index (χ1v) is 5.47. The number of aliphatic carboxylic acids is 1. The Kier molecular flexibility index (Phi) is 5.08. The van der Waals surface area contributed by atoms with Gasteiger partial charge in [-0.25, -0.2) is 0 Å². The highest BCUT2D eigenvalue weighted by Gasteiger charge is 2.26. The Hall–Kier alpha value is -2.34. The van der Waals surface area contributed by atoms with E-state index in [1.54, 1.807) is 0 Å². The van der Waals surface area contributed by atoms with Crippen LogP contribution in [0.25, 0.3) is 0 Å². The lowest BCUT2D eigenvalue weighted by Gasteiger charge is -2.19. The van der Waals surface area contributed by atoms with E-state index < -0.39 is 24.0 Å². The third-order valence-electron chi connectivity index (χ3n) is 2.51. The number of aromatic hydroxyl groups is 1. The van der Waals surface area contributed by atoms with E-state index in [1.165, 1.54) is 37.5 Å². The molecule has 2 atom stereocenters. The van der Waals surface area contributed by atoms with Crippen molar-refractivity contribution in [2.45, 2.75) is 12.1 Å². The van der Waals surface area contributed by atoms with Crippen LogP contribution in [0, 0.1) is 0 Å². The number of methoxy groups -OCH3 is 1. The van der Waals surface area contributed by atoms with Gasteiger partial charge in [0.2, 0.25) is 0 Å². The summed E-state index contributed by atoms with van der Waals surface area (Å²) in [4.78, 5) is 22.6. The number of carbonyl (C=O) groups excluding carboxylic acids is 1. The maximum absolute atomic E-state index is 11.4. The second kappa shape index (κ2) is 6.55. The van der Waals surface area contributed by atoms with E-state index >= 15 is 0 Å². The number of carboxylic acids is 1. The zero-order valence-electron chi connectivity index (χ0n) is 10.4. The molecular weight excluding hydrogens is 250 g/mol. The molecule has 0 aromatic heterocycles. The highest BCUT2D eigenvalue weighted by Crippen LogP contribution is 2.18. The standard InChI is InChI=1S/C13H15NO5/c1-3-10(13(18)19-2)14-11(12(16)17)8-4-6-9(15)7-5-8/h3-7,10-11,14-15H,1H2,2H3,(H,16,17). The summed E-state index contributed by atoms with van der Waals surface area (Å²) < 4.78 is 4.53. The number of phenols is 1. The van der Waals surface area contributed by atoms with Crippen molar-refractivity contribution >= 4 is 11.9 Å². The van der Waals surface area contributed by atoms with Crippen LogP contribution in [0.5, 0.6) is 5.75 Å². The minimum absolute atomic E-state index is 0.0288. The van der Waals surface area contributed by atoms with Crippen molar-refractivity contribution in [2.24, 2.45) is 0 Å². The predicted octanol–water partition coefficient (Wildman–Crippen LogP) is 0.835. The second-order valence-corrected chi connectivity index (χ2v) is 3.77. The van der Waals surface area contributed by atoms with Gasteiger partial charge in [0.15, 0.2) is 0 Å². The van der Waals surface area contributed by atoms with Crippen LogP contribution in [0.2, 0.25) is 0 Å². The normalized spacial score (nSPS) is 13.3. The molecule has 0 fully saturated rings. The van der Waals surface area contributed by atoms with E-state index in [9.17, 15) is 19.8 Å². The van der Waals surface area contributed by atoms with E-state index in [1.807, 2.05) is 0 Å². The molecule has 0 saturated heterocycles. The number of rotatable bonds is 6. The number of carboxylic acid groups (broad SMARTS) is 1. The Labute approximate surface area is 110 Å². The average Bonchev–Trinajstić information content (AvgIpc) is 2.40. The molecule has 0 spiro atoms. The zero-order valence-corrected chi connectivity index (χ0v) is 10.4. The molecule has 1 aromatic carbocycles. The van der Waals surface area contributed by atoms with Gasteiger partial charge in [-0.3, -0.25) is 14.9 Å². The Morgan fingerprint density at radius 1 is 1.37 bits per heavy atom. The summed E-state index contributed by atoms with van der Waals surface area (Å²) in [6.07, 6.45) is 1.27. The average molecular weight is 265 g/mol. The number of nitrogens with one attached hydrogen (secondary N) is 1. The number of benzene rings is 1. The fourth-order valence-electron chi connectivity index (χ4n) is 1.52. The minimum atomic E-state index is -1.15. The van der Waals surface area contributed by atoms with Crippen molar-refractivity contribution < 1.29 is 24.5 Å². The van der Waals surface area contributed by atoms with Crippen LogP contribution in [0.4, 0.5) is 0 Å². The van der Waals surface area contributed by atoms with Gasteiger partial charge in [-0.05, 0) is 17.7 Å². The molecule has 0 heterocycles. The van der Waals surface area contributed by atoms with Crippen LogP contribution in [0.3, 0.4) is 0 Å². The molecule has 6 heteroatoms. The maximum Gasteiger partial charge on any atom is 0.326 e. The zero-order chi connectivity index (χ0) is 14.4. The Balaban J connectivity index is 2.95. The van der Waals surface area contributed by atoms with Crippen molar-refractivity contribution in [1.82, 2.24) is 5.32 Å². The fourth-order valence-corrected chi connectivity index (χ4v) is 1.52. The highest BCUT2D eigenvalue weighted by atomic mass is 16.5. The van der Waals surface area contributed by atoms with Crippen molar-refractivity contribution in [3.63, 3.8) is 0 Å².